The third-order valence-corrected chi connectivity index (χ3v) is 5.33. The minimum Gasteiger partial charge on any atom is -0.336 e. The number of halogens is 1. The Kier molecular flexibility index (Phi) is 4.95. The SMILES string of the molecule is Cc1c2cnn(-c3ccccc3)c(=O)c2c(C)n1[C@@H](C)C(=O)Nc1ccc(F)cc1. The highest BCUT2D eigenvalue weighted by Gasteiger charge is 2.23. The van der Waals surface area contributed by atoms with Crippen LogP contribution in [0.4, 0.5) is 10.1 Å². The predicted molar refractivity (Wildman–Crippen MR) is 115 cm³/mol. The smallest absolute Gasteiger partial charge is 0.281 e. The third kappa shape index (κ3) is 3.28. The number of fused-ring (bicyclic) bond motifs is 1. The zero-order valence-corrected chi connectivity index (χ0v) is 16.9. The van der Waals surface area contributed by atoms with Crippen LogP contribution in [0.5, 0.6) is 0 Å². The van der Waals surface area contributed by atoms with Crippen molar-refractivity contribution < 1.29 is 9.18 Å². The lowest BCUT2D eigenvalue weighted by Crippen LogP contribution is -2.25. The summed E-state index contributed by atoms with van der Waals surface area (Å²) in [5.74, 6) is -0.629. The maximum atomic E-state index is 13.2. The fourth-order valence-corrected chi connectivity index (χ4v) is 3.81. The van der Waals surface area contributed by atoms with Crippen molar-refractivity contribution >= 4 is 22.4 Å². The molecule has 0 aliphatic rings. The topological polar surface area (TPSA) is 68.9 Å². The Balaban J connectivity index is 1.76. The number of carbonyl (C=O) groups excluding carboxylic acids is 1. The molecule has 0 aliphatic carbocycles. The molecule has 4 rings (SSSR count). The Hall–Kier alpha value is -3.74. The van der Waals surface area contributed by atoms with Crippen LogP contribution < -0.4 is 10.9 Å². The van der Waals surface area contributed by atoms with Crippen LogP contribution in [0.3, 0.4) is 0 Å². The molecule has 0 fully saturated rings. The highest BCUT2D eigenvalue weighted by Crippen LogP contribution is 2.27. The van der Waals surface area contributed by atoms with Gasteiger partial charge in [0.1, 0.15) is 11.9 Å². The van der Waals surface area contributed by atoms with Gasteiger partial charge in [0.2, 0.25) is 5.91 Å². The van der Waals surface area contributed by atoms with E-state index in [1.165, 1.54) is 28.9 Å². The standard InChI is InChI=1S/C23H21FN4O2/c1-14-20-13-25-28(19-7-5-4-6-8-19)23(30)21(20)15(2)27(14)16(3)22(29)26-18-11-9-17(24)10-12-18/h4-13,16H,1-3H3,(H,26,29)/t16-/m0/s1. The zero-order chi connectivity index (χ0) is 21.4. The fraction of sp³-hybridized carbons (Fsp3) is 0.174. The first-order valence-corrected chi connectivity index (χ1v) is 9.59. The van der Waals surface area contributed by atoms with Gasteiger partial charge in [0, 0.05) is 22.5 Å². The van der Waals surface area contributed by atoms with Crippen LogP contribution in [0, 0.1) is 19.7 Å². The molecule has 2 aromatic carbocycles. The number of hydrogen-bond donors (Lipinski definition) is 1. The predicted octanol–water partition coefficient (Wildman–Crippen LogP) is 4.14. The van der Waals surface area contributed by atoms with Crippen molar-refractivity contribution in [3.8, 4) is 5.69 Å². The van der Waals surface area contributed by atoms with Gasteiger partial charge < -0.3 is 9.88 Å². The Morgan fingerprint density at radius 1 is 1.03 bits per heavy atom. The van der Waals surface area contributed by atoms with E-state index in [2.05, 4.69) is 10.4 Å². The molecule has 0 aliphatic heterocycles. The van der Waals surface area contributed by atoms with Crippen LogP contribution in [-0.2, 0) is 4.79 Å². The molecule has 152 valence electrons. The number of carbonyl (C=O) groups is 1. The van der Waals surface area contributed by atoms with Gasteiger partial charge in [-0.3, -0.25) is 9.59 Å². The summed E-state index contributed by atoms with van der Waals surface area (Å²) in [5, 5.41) is 8.37. The third-order valence-electron chi connectivity index (χ3n) is 5.33. The van der Waals surface area contributed by atoms with Gasteiger partial charge in [-0.2, -0.15) is 9.78 Å². The van der Waals surface area contributed by atoms with E-state index in [0.29, 0.717) is 27.8 Å². The normalized spacial score (nSPS) is 12.1. The van der Waals surface area contributed by atoms with Gasteiger partial charge in [0.25, 0.3) is 5.56 Å². The number of nitrogens with one attached hydrogen (secondary N) is 1. The second kappa shape index (κ2) is 7.59. The van der Waals surface area contributed by atoms with E-state index in [9.17, 15) is 14.0 Å². The van der Waals surface area contributed by atoms with Crippen LogP contribution in [0.2, 0.25) is 0 Å². The van der Waals surface area contributed by atoms with Gasteiger partial charge in [0.05, 0.1) is 17.3 Å². The average molecular weight is 404 g/mol. The maximum Gasteiger partial charge on any atom is 0.281 e. The van der Waals surface area contributed by atoms with E-state index in [1.807, 2.05) is 48.7 Å². The second-order valence-electron chi connectivity index (χ2n) is 7.20. The number of nitrogens with zero attached hydrogens (tertiary/aromatic N) is 3. The van der Waals surface area contributed by atoms with Gasteiger partial charge in [0.15, 0.2) is 0 Å². The number of amides is 1. The molecule has 2 heterocycles. The van der Waals surface area contributed by atoms with Crippen LogP contribution in [-0.4, -0.2) is 20.3 Å². The molecule has 4 aromatic rings. The molecule has 0 saturated carbocycles. The summed E-state index contributed by atoms with van der Waals surface area (Å²) < 4.78 is 16.3. The second-order valence-corrected chi connectivity index (χ2v) is 7.20. The summed E-state index contributed by atoms with van der Waals surface area (Å²) in [6.45, 7) is 5.46. The number of aryl methyl sites for hydroxylation is 2. The average Bonchev–Trinajstić information content (AvgIpc) is 3.00. The number of rotatable bonds is 4. The van der Waals surface area contributed by atoms with E-state index in [1.54, 1.807) is 13.1 Å². The van der Waals surface area contributed by atoms with E-state index in [4.69, 9.17) is 0 Å². The van der Waals surface area contributed by atoms with E-state index < -0.39 is 6.04 Å². The van der Waals surface area contributed by atoms with Gasteiger partial charge in [-0.1, -0.05) is 18.2 Å². The first-order valence-electron chi connectivity index (χ1n) is 9.59. The molecular formula is C23H21FN4O2. The Morgan fingerprint density at radius 2 is 1.70 bits per heavy atom. The van der Waals surface area contributed by atoms with Crippen molar-refractivity contribution in [2.24, 2.45) is 0 Å². The summed E-state index contributed by atoms with van der Waals surface area (Å²) in [5.41, 5.74) is 2.43. The number of hydrogen-bond acceptors (Lipinski definition) is 3. The van der Waals surface area contributed by atoms with Crippen LogP contribution in [0.1, 0.15) is 24.4 Å². The molecular weight excluding hydrogens is 383 g/mol. The monoisotopic (exact) mass is 404 g/mol. The number of benzene rings is 2. The van der Waals surface area contributed by atoms with Gasteiger partial charge in [-0.15, -0.1) is 0 Å². The minimum absolute atomic E-state index is 0.232. The molecule has 0 radical (unpaired) electrons. The van der Waals surface area contributed by atoms with Gasteiger partial charge in [-0.25, -0.2) is 4.39 Å². The molecule has 1 amide bonds. The molecule has 0 spiro atoms. The van der Waals surface area contributed by atoms with Crippen molar-refractivity contribution in [3.63, 3.8) is 0 Å². The first kappa shape index (κ1) is 19.6. The molecule has 6 nitrogen and oxygen atoms in total. The van der Waals surface area contributed by atoms with E-state index >= 15 is 0 Å². The summed E-state index contributed by atoms with van der Waals surface area (Å²) >= 11 is 0. The maximum absolute atomic E-state index is 13.2. The Bertz CT molecular complexity index is 1290. The molecule has 1 atom stereocenters. The van der Waals surface area contributed by atoms with E-state index in [0.717, 1.165) is 5.69 Å². The van der Waals surface area contributed by atoms with Crippen LogP contribution >= 0.6 is 0 Å². The molecule has 2 aromatic heterocycles. The van der Waals surface area contributed by atoms with Crippen molar-refractivity contribution in [2.45, 2.75) is 26.8 Å². The highest BCUT2D eigenvalue weighted by molar-refractivity contribution is 5.95. The number of para-hydroxylation sites is 1. The lowest BCUT2D eigenvalue weighted by atomic mass is 10.2. The lowest BCUT2D eigenvalue weighted by Gasteiger charge is -2.18. The van der Waals surface area contributed by atoms with Gasteiger partial charge in [-0.05, 0) is 57.2 Å². The Labute approximate surface area is 172 Å². The zero-order valence-electron chi connectivity index (χ0n) is 16.9. The first-order chi connectivity index (χ1) is 14.4. The summed E-state index contributed by atoms with van der Waals surface area (Å²) in [7, 11) is 0. The molecule has 0 saturated heterocycles. The quantitative estimate of drug-likeness (QED) is 0.556. The van der Waals surface area contributed by atoms with Crippen LogP contribution in [0.15, 0.2) is 65.6 Å². The summed E-state index contributed by atoms with van der Waals surface area (Å²) in [6, 6.07) is 14.2. The van der Waals surface area contributed by atoms with Crippen molar-refractivity contribution in [1.29, 1.82) is 0 Å². The summed E-state index contributed by atoms with van der Waals surface area (Å²) in [4.78, 5) is 26.0. The molecule has 30 heavy (non-hydrogen) atoms. The highest BCUT2D eigenvalue weighted by atomic mass is 19.1. The molecule has 0 unspecified atom stereocenters. The molecule has 7 heteroatoms. The van der Waals surface area contributed by atoms with E-state index in [-0.39, 0.29) is 17.3 Å². The largest absolute Gasteiger partial charge is 0.336 e. The Morgan fingerprint density at radius 3 is 2.37 bits per heavy atom. The van der Waals surface area contributed by atoms with Crippen molar-refractivity contribution in [3.05, 3.63) is 88.4 Å². The number of aromatic nitrogens is 3. The van der Waals surface area contributed by atoms with Crippen molar-refractivity contribution in [1.82, 2.24) is 14.3 Å². The minimum atomic E-state index is -0.577. The number of anilines is 1. The fourth-order valence-electron chi connectivity index (χ4n) is 3.81. The lowest BCUT2D eigenvalue weighted by molar-refractivity contribution is -0.118. The molecule has 1 N–H and O–H groups in total. The van der Waals surface area contributed by atoms with Crippen LogP contribution in [0.25, 0.3) is 16.5 Å². The molecule has 0 bridgehead atoms. The van der Waals surface area contributed by atoms with Gasteiger partial charge >= 0.3 is 0 Å². The van der Waals surface area contributed by atoms with Crippen molar-refractivity contribution in [2.75, 3.05) is 5.32 Å². The summed E-state index contributed by atoms with van der Waals surface area (Å²) in [6.07, 6.45) is 1.66.